The van der Waals surface area contributed by atoms with Crippen LogP contribution in [0.1, 0.15) is 232 Å². The van der Waals surface area contributed by atoms with Crippen molar-refractivity contribution in [2.45, 2.75) is 238 Å². The number of aliphatic hydroxyl groups excluding tert-OH is 1. The molecule has 0 bridgehead atoms. The van der Waals surface area contributed by atoms with Crippen molar-refractivity contribution in [3.63, 3.8) is 0 Å². The molecule has 0 aromatic rings. The van der Waals surface area contributed by atoms with Gasteiger partial charge in [-0.2, -0.15) is 0 Å². The highest BCUT2D eigenvalue weighted by Crippen LogP contribution is 2.15. The Kier molecular flexibility index (Phi) is 40.5. The van der Waals surface area contributed by atoms with Crippen LogP contribution in [0.4, 0.5) is 0 Å². The van der Waals surface area contributed by atoms with Crippen LogP contribution in [0, 0.1) is 0 Å². The maximum atomic E-state index is 12.2. The molecule has 4 nitrogen and oxygen atoms in total. The third-order valence-electron chi connectivity index (χ3n) is 9.59. The van der Waals surface area contributed by atoms with Crippen molar-refractivity contribution in [2.24, 2.45) is 0 Å². The summed E-state index contributed by atoms with van der Waals surface area (Å²) >= 11 is 0. The zero-order chi connectivity index (χ0) is 34.1. The summed E-state index contributed by atoms with van der Waals surface area (Å²) in [4.78, 5) is 12.2. The Balaban J connectivity index is 3.38. The minimum atomic E-state index is -0.530. The van der Waals surface area contributed by atoms with E-state index < -0.39 is 6.10 Å². The van der Waals surface area contributed by atoms with Gasteiger partial charge in [-0.05, 0) is 38.5 Å². The molecule has 0 aromatic carbocycles. The van der Waals surface area contributed by atoms with E-state index in [1.54, 1.807) is 0 Å². The Morgan fingerprint density at radius 3 is 1.21 bits per heavy atom. The van der Waals surface area contributed by atoms with E-state index in [4.69, 9.17) is 9.47 Å². The van der Waals surface area contributed by atoms with Gasteiger partial charge in [0.25, 0.3) is 0 Å². The highest BCUT2D eigenvalue weighted by atomic mass is 16.6. The minimum Gasteiger partial charge on any atom is -0.457 e. The number of ether oxygens (including phenoxy) is 2. The van der Waals surface area contributed by atoms with Gasteiger partial charge in [0.15, 0.2) is 0 Å². The van der Waals surface area contributed by atoms with E-state index >= 15 is 0 Å². The van der Waals surface area contributed by atoms with Gasteiger partial charge in [-0.3, -0.25) is 4.79 Å². The molecule has 0 heterocycles. The molecule has 0 aliphatic rings. The summed E-state index contributed by atoms with van der Waals surface area (Å²) in [6.07, 6.45) is 48.4. The number of aliphatic hydroxyl groups is 1. The molecule has 0 aliphatic carbocycles. The van der Waals surface area contributed by atoms with Crippen molar-refractivity contribution in [3.05, 3.63) is 12.2 Å². The van der Waals surface area contributed by atoms with Crippen LogP contribution in [0.3, 0.4) is 0 Å². The normalized spacial score (nSPS) is 12.3. The number of allylic oxidation sites excluding steroid dienone is 2. The largest absolute Gasteiger partial charge is 0.457 e. The first-order chi connectivity index (χ1) is 23.2. The van der Waals surface area contributed by atoms with Gasteiger partial charge in [0.1, 0.15) is 6.10 Å². The number of hydrogen-bond acceptors (Lipinski definition) is 4. The molecule has 0 spiro atoms. The molecule has 0 aromatic heterocycles. The average molecular weight is 665 g/mol. The number of carbonyl (C=O) groups is 1. The SMILES string of the molecule is CCCCCCCC/C=C\CCCCCCCCCC(=O)OC(CO)COCCCCCCCCCCCCCCCCCCCC. The molecule has 0 radical (unpaired) electrons. The first-order valence-electron chi connectivity index (χ1n) is 21.3. The zero-order valence-corrected chi connectivity index (χ0v) is 32.1. The molecule has 1 N–H and O–H groups in total. The van der Waals surface area contributed by atoms with Gasteiger partial charge in [-0.15, -0.1) is 0 Å². The number of esters is 1. The van der Waals surface area contributed by atoms with Crippen LogP contribution in [-0.4, -0.2) is 37.0 Å². The Bertz CT molecular complexity index is 619. The Morgan fingerprint density at radius 1 is 0.489 bits per heavy atom. The maximum Gasteiger partial charge on any atom is 0.306 e. The van der Waals surface area contributed by atoms with Gasteiger partial charge < -0.3 is 14.6 Å². The van der Waals surface area contributed by atoms with Gasteiger partial charge >= 0.3 is 5.97 Å². The predicted molar refractivity (Wildman–Crippen MR) is 205 cm³/mol. The fraction of sp³-hybridized carbons (Fsp3) is 0.930. The highest BCUT2D eigenvalue weighted by molar-refractivity contribution is 5.69. The van der Waals surface area contributed by atoms with E-state index in [-0.39, 0.29) is 12.6 Å². The van der Waals surface area contributed by atoms with E-state index in [1.807, 2.05) is 0 Å². The van der Waals surface area contributed by atoms with E-state index in [9.17, 15) is 9.90 Å². The fourth-order valence-corrected chi connectivity index (χ4v) is 6.38. The molecule has 0 saturated carbocycles. The number of carbonyl (C=O) groups excluding carboxylic acids is 1. The summed E-state index contributed by atoms with van der Waals surface area (Å²) in [5.41, 5.74) is 0. The zero-order valence-electron chi connectivity index (χ0n) is 32.1. The Labute approximate surface area is 295 Å². The molecule has 1 unspecified atom stereocenters. The summed E-state index contributed by atoms with van der Waals surface area (Å²) in [6.45, 7) is 5.38. The van der Waals surface area contributed by atoms with Crippen molar-refractivity contribution in [1.29, 1.82) is 0 Å². The van der Waals surface area contributed by atoms with Gasteiger partial charge in [-0.1, -0.05) is 199 Å². The highest BCUT2D eigenvalue weighted by Gasteiger charge is 2.13. The van der Waals surface area contributed by atoms with E-state index in [0.717, 1.165) is 19.3 Å². The van der Waals surface area contributed by atoms with Crippen LogP contribution in [0.5, 0.6) is 0 Å². The minimum absolute atomic E-state index is 0.168. The summed E-state index contributed by atoms with van der Waals surface area (Å²) in [5, 5.41) is 9.59. The molecule has 280 valence electrons. The maximum absolute atomic E-state index is 12.2. The lowest BCUT2D eigenvalue weighted by atomic mass is 10.0. The van der Waals surface area contributed by atoms with Gasteiger partial charge in [0, 0.05) is 13.0 Å². The second-order valence-corrected chi connectivity index (χ2v) is 14.4. The van der Waals surface area contributed by atoms with Crippen molar-refractivity contribution in [2.75, 3.05) is 19.8 Å². The quantitative estimate of drug-likeness (QED) is 0.0402. The summed E-state index contributed by atoms with van der Waals surface area (Å²) < 4.78 is 11.2. The van der Waals surface area contributed by atoms with E-state index in [1.165, 1.54) is 193 Å². The first-order valence-corrected chi connectivity index (χ1v) is 21.3. The molecule has 0 rings (SSSR count). The third-order valence-corrected chi connectivity index (χ3v) is 9.59. The number of rotatable bonds is 40. The molecule has 4 heteroatoms. The molecule has 0 fully saturated rings. The van der Waals surface area contributed by atoms with Gasteiger partial charge in [0.2, 0.25) is 0 Å². The van der Waals surface area contributed by atoms with E-state index in [2.05, 4.69) is 26.0 Å². The van der Waals surface area contributed by atoms with Crippen LogP contribution in [0.25, 0.3) is 0 Å². The van der Waals surface area contributed by atoms with Crippen LogP contribution in [0.2, 0.25) is 0 Å². The molecule has 0 amide bonds. The predicted octanol–water partition coefficient (Wildman–Crippen LogP) is 13.8. The second-order valence-electron chi connectivity index (χ2n) is 14.4. The van der Waals surface area contributed by atoms with Crippen LogP contribution in [0.15, 0.2) is 12.2 Å². The molecule has 0 aliphatic heterocycles. The average Bonchev–Trinajstić information content (AvgIpc) is 3.08. The van der Waals surface area contributed by atoms with Crippen molar-refractivity contribution in [3.8, 4) is 0 Å². The summed E-state index contributed by atoms with van der Waals surface area (Å²) in [7, 11) is 0. The van der Waals surface area contributed by atoms with Crippen LogP contribution in [-0.2, 0) is 14.3 Å². The molecular weight excluding hydrogens is 580 g/mol. The lowest BCUT2D eigenvalue weighted by Crippen LogP contribution is -2.27. The number of hydrogen-bond donors (Lipinski definition) is 1. The molecule has 47 heavy (non-hydrogen) atoms. The van der Waals surface area contributed by atoms with Gasteiger partial charge in [0.05, 0.1) is 13.2 Å². The van der Waals surface area contributed by atoms with Gasteiger partial charge in [-0.25, -0.2) is 0 Å². The van der Waals surface area contributed by atoms with Crippen molar-refractivity contribution >= 4 is 5.97 Å². The van der Waals surface area contributed by atoms with Crippen molar-refractivity contribution < 1.29 is 19.4 Å². The van der Waals surface area contributed by atoms with Crippen molar-refractivity contribution in [1.82, 2.24) is 0 Å². The standard InChI is InChI=1S/C43H84O4/c1-3-5-7-9-11-13-15-17-19-21-23-25-27-29-31-33-35-37-39-46-41-42(40-44)47-43(45)38-36-34-32-30-28-26-24-22-20-18-16-14-12-10-8-6-4-2/h18,20,42,44H,3-17,19,21-41H2,1-2H3/b20-18-. The smallest absolute Gasteiger partial charge is 0.306 e. The third kappa shape index (κ3) is 39.5. The van der Waals surface area contributed by atoms with E-state index in [0.29, 0.717) is 19.6 Å². The Hall–Kier alpha value is -0.870. The topological polar surface area (TPSA) is 55.8 Å². The first kappa shape index (κ1) is 46.1. The molecule has 1 atom stereocenters. The monoisotopic (exact) mass is 665 g/mol. The summed E-state index contributed by atoms with van der Waals surface area (Å²) in [6, 6.07) is 0. The van der Waals surface area contributed by atoms with Crippen LogP contribution >= 0.6 is 0 Å². The summed E-state index contributed by atoms with van der Waals surface area (Å²) in [5.74, 6) is -0.200. The second kappa shape index (κ2) is 41.3. The Morgan fingerprint density at radius 2 is 0.830 bits per heavy atom. The lowest BCUT2D eigenvalue weighted by molar-refractivity contribution is -0.154. The van der Waals surface area contributed by atoms with Crippen LogP contribution < -0.4 is 0 Å². The molecular formula is C43H84O4. The molecule has 0 saturated heterocycles. The fourth-order valence-electron chi connectivity index (χ4n) is 6.38. The number of unbranched alkanes of at least 4 members (excludes halogenated alkanes) is 30. The lowest BCUT2D eigenvalue weighted by Gasteiger charge is -2.16.